The van der Waals surface area contributed by atoms with Crippen LogP contribution in [0.5, 0.6) is 0 Å². The molecule has 2 N–H and O–H groups in total. The molecule has 0 fully saturated rings. The smallest absolute Gasteiger partial charge is 0.246 e. The Morgan fingerprint density at radius 1 is 1.24 bits per heavy atom. The van der Waals surface area contributed by atoms with E-state index in [4.69, 9.17) is 5.73 Å². The maximum Gasteiger partial charge on any atom is 0.246 e. The second kappa shape index (κ2) is 7.53. The Kier molecular flexibility index (Phi) is 6.58. The number of hydrogen-bond donors (Lipinski definition) is 1. The fourth-order valence-corrected chi connectivity index (χ4v) is 3.71. The van der Waals surface area contributed by atoms with Gasteiger partial charge in [0.05, 0.1) is 0 Å². The highest BCUT2D eigenvalue weighted by molar-refractivity contribution is 9.10. The van der Waals surface area contributed by atoms with Crippen LogP contribution < -0.4 is 5.73 Å². The molecule has 8 heteroatoms. The molecule has 0 heterocycles. The highest BCUT2D eigenvalue weighted by Gasteiger charge is 2.27. The van der Waals surface area contributed by atoms with Crippen molar-refractivity contribution >= 4 is 31.6 Å². The molecule has 0 bridgehead atoms. The van der Waals surface area contributed by atoms with Crippen molar-refractivity contribution < 1.29 is 12.8 Å². The standard InChI is InChI=1S/C13H21BrFN3O2S/c1-4-5-18(7-6-17(2)3)21(19,20)13-9-12(16)10(14)8-11(13)15/h8-9H,4-7,16H2,1-3H3. The Labute approximate surface area is 134 Å². The lowest BCUT2D eigenvalue weighted by Crippen LogP contribution is -2.37. The number of sulfonamides is 1. The first-order valence-electron chi connectivity index (χ1n) is 6.59. The van der Waals surface area contributed by atoms with Crippen LogP contribution in [0, 0.1) is 5.82 Å². The van der Waals surface area contributed by atoms with Crippen molar-refractivity contribution in [1.29, 1.82) is 0 Å². The molecule has 1 rings (SSSR count). The summed E-state index contributed by atoms with van der Waals surface area (Å²) in [6, 6.07) is 2.24. The molecule has 0 atom stereocenters. The van der Waals surface area contributed by atoms with Crippen LogP contribution in [-0.2, 0) is 10.0 Å². The molecule has 21 heavy (non-hydrogen) atoms. The Morgan fingerprint density at radius 2 is 1.86 bits per heavy atom. The number of likely N-dealkylation sites (N-methyl/N-ethyl adjacent to an activating group) is 1. The van der Waals surface area contributed by atoms with Crippen LogP contribution in [0.3, 0.4) is 0 Å². The van der Waals surface area contributed by atoms with E-state index in [0.29, 0.717) is 30.5 Å². The van der Waals surface area contributed by atoms with Crippen LogP contribution >= 0.6 is 15.9 Å². The Balaban J connectivity index is 3.19. The van der Waals surface area contributed by atoms with Gasteiger partial charge in [-0.2, -0.15) is 4.31 Å². The largest absolute Gasteiger partial charge is 0.398 e. The van der Waals surface area contributed by atoms with E-state index >= 15 is 0 Å². The van der Waals surface area contributed by atoms with E-state index in [1.807, 2.05) is 25.9 Å². The molecule has 0 radical (unpaired) electrons. The minimum Gasteiger partial charge on any atom is -0.398 e. The Hall–Kier alpha value is -0.700. The molecule has 0 saturated carbocycles. The molecular weight excluding hydrogens is 361 g/mol. The zero-order valence-electron chi connectivity index (χ0n) is 12.4. The molecule has 0 aliphatic carbocycles. The lowest BCUT2D eigenvalue weighted by atomic mass is 10.3. The second-order valence-corrected chi connectivity index (χ2v) is 7.77. The van der Waals surface area contributed by atoms with Gasteiger partial charge >= 0.3 is 0 Å². The van der Waals surface area contributed by atoms with Crippen molar-refractivity contribution in [3.63, 3.8) is 0 Å². The average molecular weight is 382 g/mol. The SMILES string of the molecule is CCCN(CCN(C)C)S(=O)(=O)c1cc(N)c(Br)cc1F. The first kappa shape index (κ1) is 18.3. The number of rotatable bonds is 7. The number of benzene rings is 1. The molecular formula is C13H21BrFN3O2S. The van der Waals surface area contributed by atoms with Crippen molar-refractivity contribution in [3.05, 3.63) is 22.4 Å². The Bertz CT molecular complexity index is 593. The first-order valence-corrected chi connectivity index (χ1v) is 8.82. The fraction of sp³-hybridized carbons (Fsp3) is 0.538. The zero-order valence-corrected chi connectivity index (χ0v) is 14.8. The summed E-state index contributed by atoms with van der Waals surface area (Å²) < 4.78 is 40.9. The van der Waals surface area contributed by atoms with Gasteiger partial charge in [0.1, 0.15) is 10.7 Å². The van der Waals surface area contributed by atoms with Gasteiger partial charge in [0.25, 0.3) is 0 Å². The van der Waals surface area contributed by atoms with Gasteiger partial charge in [-0.25, -0.2) is 12.8 Å². The van der Waals surface area contributed by atoms with Crippen molar-refractivity contribution in [1.82, 2.24) is 9.21 Å². The van der Waals surface area contributed by atoms with E-state index in [-0.39, 0.29) is 10.6 Å². The van der Waals surface area contributed by atoms with E-state index in [1.165, 1.54) is 4.31 Å². The van der Waals surface area contributed by atoms with E-state index < -0.39 is 15.8 Å². The van der Waals surface area contributed by atoms with Crippen LogP contribution in [0.1, 0.15) is 13.3 Å². The van der Waals surface area contributed by atoms with Crippen LogP contribution in [0.15, 0.2) is 21.5 Å². The molecule has 0 amide bonds. The molecule has 1 aromatic rings. The monoisotopic (exact) mass is 381 g/mol. The fourth-order valence-electron chi connectivity index (χ4n) is 1.79. The van der Waals surface area contributed by atoms with Crippen molar-refractivity contribution in [2.75, 3.05) is 39.5 Å². The maximum absolute atomic E-state index is 14.0. The quantitative estimate of drug-likeness (QED) is 0.734. The van der Waals surface area contributed by atoms with Gasteiger partial charge in [-0.3, -0.25) is 0 Å². The number of anilines is 1. The Morgan fingerprint density at radius 3 is 2.38 bits per heavy atom. The van der Waals surface area contributed by atoms with E-state index in [0.717, 1.165) is 12.1 Å². The topological polar surface area (TPSA) is 66.6 Å². The lowest BCUT2D eigenvalue weighted by Gasteiger charge is -2.23. The van der Waals surface area contributed by atoms with Crippen molar-refractivity contribution in [3.8, 4) is 0 Å². The van der Waals surface area contributed by atoms with Gasteiger partial charge in [-0.05, 0) is 48.6 Å². The van der Waals surface area contributed by atoms with Gasteiger partial charge in [0, 0.05) is 29.8 Å². The predicted molar refractivity (Wildman–Crippen MR) is 86.1 cm³/mol. The molecule has 0 aliphatic rings. The minimum absolute atomic E-state index is 0.194. The average Bonchev–Trinajstić information content (AvgIpc) is 2.38. The normalized spacial score (nSPS) is 12.3. The van der Waals surface area contributed by atoms with E-state index in [9.17, 15) is 12.8 Å². The maximum atomic E-state index is 14.0. The first-order chi connectivity index (χ1) is 9.70. The summed E-state index contributed by atoms with van der Waals surface area (Å²) in [6.45, 7) is 3.08. The molecule has 0 unspecified atom stereocenters. The molecule has 0 spiro atoms. The van der Waals surface area contributed by atoms with Gasteiger partial charge in [-0.15, -0.1) is 0 Å². The van der Waals surface area contributed by atoms with Gasteiger partial charge < -0.3 is 10.6 Å². The van der Waals surface area contributed by atoms with Crippen LogP contribution in [-0.4, -0.2) is 51.4 Å². The summed E-state index contributed by atoms with van der Waals surface area (Å²) >= 11 is 3.08. The summed E-state index contributed by atoms with van der Waals surface area (Å²) in [5.74, 6) is -0.804. The van der Waals surface area contributed by atoms with Crippen molar-refractivity contribution in [2.45, 2.75) is 18.2 Å². The van der Waals surface area contributed by atoms with Crippen LogP contribution in [0.4, 0.5) is 10.1 Å². The predicted octanol–water partition coefficient (Wildman–Crippen LogP) is 2.13. The molecule has 0 saturated heterocycles. The number of nitrogens with zero attached hydrogens (tertiary/aromatic N) is 2. The third-order valence-corrected chi connectivity index (χ3v) is 5.54. The number of nitrogens with two attached hydrogens (primary N) is 1. The van der Waals surface area contributed by atoms with E-state index in [2.05, 4.69) is 15.9 Å². The highest BCUT2D eigenvalue weighted by atomic mass is 79.9. The van der Waals surface area contributed by atoms with Crippen molar-refractivity contribution in [2.24, 2.45) is 0 Å². The minimum atomic E-state index is -3.90. The summed E-state index contributed by atoms with van der Waals surface area (Å²) in [5, 5.41) is 0. The molecule has 0 aromatic heterocycles. The van der Waals surface area contributed by atoms with Crippen LogP contribution in [0.25, 0.3) is 0 Å². The van der Waals surface area contributed by atoms with E-state index in [1.54, 1.807) is 0 Å². The van der Waals surface area contributed by atoms with Gasteiger partial charge in [-0.1, -0.05) is 6.92 Å². The van der Waals surface area contributed by atoms with Gasteiger partial charge in [0.15, 0.2) is 0 Å². The molecule has 1 aromatic carbocycles. The van der Waals surface area contributed by atoms with Crippen LogP contribution in [0.2, 0.25) is 0 Å². The summed E-state index contributed by atoms with van der Waals surface area (Å²) in [5.41, 5.74) is 5.87. The summed E-state index contributed by atoms with van der Waals surface area (Å²) in [7, 11) is -0.186. The third kappa shape index (κ3) is 4.64. The second-order valence-electron chi connectivity index (χ2n) is 5.01. The van der Waals surface area contributed by atoms with Gasteiger partial charge in [0.2, 0.25) is 10.0 Å². The number of nitrogen functional groups attached to an aromatic ring is 1. The number of hydrogen-bond acceptors (Lipinski definition) is 4. The third-order valence-electron chi connectivity index (χ3n) is 2.94. The lowest BCUT2D eigenvalue weighted by molar-refractivity contribution is 0.332. The molecule has 0 aliphatic heterocycles. The molecule has 120 valence electrons. The summed E-state index contributed by atoms with van der Waals surface area (Å²) in [4.78, 5) is 1.50. The zero-order chi connectivity index (χ0) is 16.2. The summed E-state index contributed by atoms with van der Waals surface area (Å²) in [6.07, 6.45) is 0.653. The molecule has 5 nitrogen and oxygen atoms in total. The highest BCUT2D eigenvalue weighted by Crippen LogP contribution is 2.28. The number of halogens is 2.